The van der Waals surface area contributed by atoms with Gasteiger partial charge < -0.3 is 10.4 Å². The average molecular weight is 268 g/mol. The molecule has 18 heavy (non-hydrogen) atoms. The number of hydrogen-bond donors (Lipinski definition) is 2. The Bertz CT molecular complexity index is 447. The highest BCUT2D eigenvalue weighted by atomic mass is 35.5. The van der Waals surface area contributed by atoms with Crippen molar-refractivity contribution in [2.75, 3.05) is 0 Å². The molecule has 1 aliphatic rings. The van der Waals surface area contributed by atoms with E-state index < -0.39 is 6.10 Å². The van der Waals surface area contributed by atoms with Gasteiger partial charge in [0, 0.05) is 10.6 Å². The van der Waals surface area contributed by atoms with Crippen LogP contribution in [0.1, 0.15) is 41.6 Å². The summed E-state index contributed by atoms with van der Waals surface area (Å²) in [5.74, 6) is -0.130. The summed E-state index contributed by atoms with van der Waals surface area (Å²) in [6.45, 7) is 1.86. The Kier molecular flexibility index (Phi) is 4.25. The lowest BCUT2D eigenvalue weighted by Gasteiger charge is -2.28. The van der Waals surface area contributed by atoms with Crippen LogP contribution in [0.3, 0.4) is 0 Å². The van der Waals surface area contributed by atoms with Crippen molar-refractivity contribution in [3.63, 3.8) is 0 Å². The molecular formula is C14H18ClNO2. The second kappa shape index (κ2) is 5.72. The van der Waals surface area contributed by atoms with Crippen LogP contribution in [-0.2, 0) is 0 Å². The van der Waals surface area contributed by atoms with Crippen LogP contribution in [0.15, 0.2) is 18.2 Å². The van der Waals surface area contributed by atoms with Gasteiger partial charge in [-0.1, -0.05) is 24.4 Å². The molecule has 1 saturated carbocycles. The van der Waals surface area contributed by atoms with E-state index in [-0.39, 0.29) is 11.9 Å². The molecule has 0 unspecified atom stereocenters. The lowest BCUT2D eigenvalue weighted by atomic mass is 9.92. The third-order valence-electron chi connectivity index (χ3n) is 3.48. The summed E-state index contributed by atoms with van der Waals surface area (Å²) in [6.07, 6.45) is 3.29. The van der Waals surface area contributed by atoms with Crippen molar-refractivity contribution in [3.8, 4) is 0 Å². The van der Waals surface area contributed by atoms with Crippen molar-refractivity contribution >= 4 is 17.5 Å². The molecule has 0 radical (unpaired) electrons. The molecule has 1 aliphatic carbocycles. The zero-order chi connectivity index (χ0) is 13.1. The van der Waals surface area contributed by atoms with Crippen LogP contribution in [0.25, 0.3) is 0 Å². The number of benzene rings is 1. The van der Waals surface area contributed by atoms with Crippen LogP contribution in [0.2, 0.25) is 5.02 Å². The monoisotopic (exact) mass is 267 g/mol. The van der Waals surface area contributed by atoms with E-state index in [1.54, 1.807) is 18.2 Å². The molecular weight excluding hydrogens is 250 g/mol. The number of hydrogen-bond acceptors (Lipinski definition) is 2. The standard InChI is InChI=1S/C14H18ClNO2/c1-9-8-10(15)6-7-11(9)14(18)16-12-4-2-3-5-13(12)17/h6-8,12-13,17H,2-5H2,1H3,(H,16,18)/t12-,13-/m0/s1. The maximum atomic E-state index is 12.1. The maximum absolute atomic E-state index is 12.1. The molecule has 0 heterocycles. The molecule has 98 valence electrons. The van der Waals surface area contributed by atoms with Crippen LogP contribution in [0.5, 0.6) is 0 Å². The Morgan fingerprint density at radius 2 is 2.11 bits per heavy atom. The fourth-order valence-corrected chi connectivity index (χ4v) is 2.63. The number of carbonyl (C=O) groups excluding carboxylic acids is 1. The molecule has 0 spiro atoms. The molecule has 4 heteroatoms. The van der Waals surface area contributed by atoms with Gasteiger partial charge >= 0.3 is 0 Å². The number of carbonyl (C=O) groups is 1. The topological polar surface area (TPSA) is 49.3 Å². The van der Waals surface area contributed by atoms with Gasteiger partial charge in [-0.3, -0.25) is 4.79 Å². The Balaban J connectivity index is 2.07. The smallest absolute Gasteiger partial charge is 0.251 e. The van der Waals surface area contributed by atoms with Gasteiger partial charge in [-0.2, -0.15) is 0 Å². The maximum Gasteiger partial charge on any atom is 0.251 e. The highest BCUT2D eigenvalue weighted by Gasteiger charge is 2.25. The lowest BCUT2D eigenvalue weighted by molar-refractivity contribution is 0.0717. The summed E-state index contributed by atoms with van der Waals surface area (Å²) in [6, 6.07) is 5.08. The van der Waals surface area contributed by atoms with E-state index in [0.717, 1.165) is 31.2 Å². The minimum absolute atomic E-state index is 0.124. The van der Waals surface area contributed by atoms with Crippen molar-refractivity contribution in [1.82, 2.24) is 5.32 Å². The van der Waals surface area contributed by atoms with E-state index in [1.165, 1.54) is 0 Å². The van der Waals surface area contributed by atoms with Gasteiger partial charge in [-0.05, 0) is 43.5 Å². The highest BCUT2D eigenvalue weighted by molar-refractivity contribution is 6.30. The predicted molar refractivity (Wildman–Crippen MR) is 71.9 cm³/mol. The quantitative estimate of drug-likeness (QED) is 0.866. The molecule has 0 saturated heterocycles. The van der Waals surface area contributed by atoms with Crippen molar-refractivity contribution < 1.29 is 9.90 Å². The molecule has 3 nitrogen and oxygen atoms in total. The van der Waals surface area contributed by atoms with E-state index in [2.05, 4.69) is 5.32 Å². The molecule has 1 aromatic rings. The zero-order valence-corrected chi connectivity index (χ0v) is 11.2. The van der Waals surface area contributed by atoms with Gasteiger partial charge in [0.1, 0.15) is 0 Å². The van der Waals surface area contributed by atoms with Crippen molar-refractivity contribution in [1.29, 1.82) is 0 Å². The molecule has 0 aliphatic heterocycles. The third kappa shape index (κ3) is 3.03. The summed E-state index contributed by atoms with van der Waals surface area (Å²) in [4.78, 5) is 12.1. The number of halogens is 1. The summed E-state index contributed by atoms with van der Waals surface area (Å²) >= 11 is 5.86. The van der Waals surface area contributed by atoms with Crippen LogP contribution >= 0.6 is 11.6 Å². The van der Waals surface area contributed by atoms with Gasteiger partial charge in [0.05, 0.1) is 12.1 Å². The molecule has 0 bridgehead atoms. The second-order valence-corrected chi connectivity index (χ2v) is 5.33. The van der Waals surface area contributed by atoms with Gasteiger partial charge in [0.25, 0.3) is 5.91 Å². The zero-order valence-electron chi connectivity index (χ0n) is 10.4. The fourth-order valence-electron chi connectivity index (χ4n) is 2.41. The van der Waals surface area contributed by atoms with Gasteiger partial charge in [0.2, 0.25) is 0 Å². The van der Waals surface area contributed by atoms with E-state index in [0.29, 0.717) is 10.6 Å². The number of aryl methyl sites for hydroxylation is 1. The first-order valence-electron chi connectivity index (χ1n) is 6.33. The number of aliphatic hydroxyl groups excluding tert-OH is 1. The summed E-state index contributed by atoms with van der Waals surface area (Å²) in [7, 11) is 0. The van der Waals surface area contributed by atoms with E-state index in [9.17, 15) is 9.90 Å². The molecule has 1 fully saturated rings. The Morgan fingerprint density at radius 1 is 1.39 bits per heavy atom. The first-order valence-corrected chi connectivity index (χ1v) is 6.71. The molecule has 1 amide bonds. The third-order valence-corrected chi connectivity index (χ3v) is 3.71. The van der Waals surface area contributed by atoms with E-state index in [4.69, 9.17) is 11.6 Å². The SMILES string of the molecule is Cc1cc(Cl)ccc1C(=O)N[C@H]1CCCC[C@@H]1O. The van der Waals surface area contributed by atoms with Gasteiger partial charge in [0.15, 0.2) is 0 Å². The number of nitrogens with one attached hydrogen (secondary N) is 1. The highest BCUT2D eigenvalue weighted by Crippen LogP contribution is 2.20. The minimum Gasteiger partial charge on any atom is -0.391 e. The van der Waals surface area contributed by atoms with Crippen LogP contribution in [0.4, 0.5) is 0 Å². The summed E-state index contributed by atoms with van der Waals surface area (Å²) in [5, 5.41) is 13.4. The minimum atomic E-state index is -0.421. The van der Waals surface area contributed by atoms with E-state index >= 15 is 0 Å². The van der Waals surface area contributed by atoms with Crippen molar-refractivity contribution in [3.05, 3.63) is 34.3 Å². The average Bonchev–Trinajstić information content (AvgIpc) is 2.32. The fraction of sp³-hybridized carbons (Fsp3) is 0.500. The molecule has 0 aromatic heterocycles. The van der Waals surface area contributed by atoms with E-state index in [1.807, 2.05) is 6.92 Å². The second-order valence-electron chi connectivity index (χ2n) is 4.89. The van der Waals surface area contributed by atoms with Crippen LogP contribution < -0.4 is 5.32 Å². The van der Waals surface area contributed by atoms with Gasteiger partial charge in [-0.25, -0.2) is 0 Å². The molecule has 1 aromatic carbocycles. The molecule has 2 N–H and O–H groups in total. The normalized spacial score (nSPS) is 23.7. The summed E-state index contributed by atoms with van der Waals surface area (Å²) in [5.41, 5.74) is 1.47. The van der Waals surface area contributed by atoms with Crippen molar-refractivity contribution in [2.45, 2.75) is 44.8 Å². The summed E-state index contributed by atoms with van der Waals surface area (Å²) < 4.78 is 0. The lowest BCUT2D eigenvalue weighted by Crippen LogP contribution is -2.45. The van der Waals surface area contributed by atoms with Crippen LogP contribution in [0, 0.1) is 6.92 Å². The Labute approximate surface area is 112 Å². The predicted octanol–water partition coefficient (Wildman–Crippen LogP) is 2.68. The van der Waals surface area contributed by atoms with Gasteiger partial charge in [-0.15, -0.1) is 0 Å². The number of aliphatic hydroxyl groups is 1. The Hall–Kier alpha value is -1.06. The largest absolute Gasteiger partial charge is 0.391 e. The Morgan fingerprint density at radius 3 is 2.78 bits per heavy atom. The first-order chi connectivity index (χ1) is 8.58. The number of rotatable bonds is 2. The molecule has 2 rings (SSSR count). The van der Waals surface area contributed by atoms with Crippen molar-refractivity contribution in [2.24, 2.45) is 0 Å². The number of amides is 1. The molecule has 2 atom stereocenters. The first kappa shape index (κ1) is 13.4. The van der Waals surface area contributed by atoms with Crippen LogP contribution in [-0.4, -0.2) is 23.2 Å².